The Kier molecular flexibility index (Phi) is 8.86. The quantitative estimate of drug-likeness (QED) is 0.356. The number of benzene rings is 1. The van der Waals surface area contributed by atoms with Crippen molar-refractivity contribution < 1.29 is 19.1 Å². The molecule has 0 radical (unpaired) electrons. The van der Waals surface area contributed by atoms with Crippen LogP contribution in [0.2, 0.25) is 0 Å². The number of ether oxygens (including phenoxy) is 2. The van der Waals surface area contributed by atoms with Gasteiger partial charge in [0.05, 0.1) is 12.5 Å². The normalized spacial score (nSPS) is 14.3. The van der Waals surface area contributed by atoms with Crippen LogP contribution in [0.5, 0.6) is 0 Å². The molecule has 0 bridgehead atoms. The van der Waals surface area contributed by atoms with Crippen molar-refractivity contribution in [2.24, 2.45) is 11.8 Å². The first-order valence-electron chi connectivity index (χ1n) is 7.42. The molecule has 1 saturated heterocycles. The Labute approximate surface area is 131 Å². The van der Waals surface area contributed by atoms with Gasteiger partial charge in [-0.25, -0.2) is 5.01 Å². The van der Waals surface area contributed by atoms with Gasteiger partial charge in [0.15, 0.2) is 0 Å². The van der Waals surface area contributed by atoms with E-state index in [9.17, 15) is 9.59 Å². The molecular weight excluding hydrogens is 284 g/mol. The molecule has 0 amide bonds. The Hall–Kier alpha value is -1.92. The van der Waals surface area contributed by atoms with Gasteiger partial charge in [-0.1, -0.05) is 43.7 Å². The van der Waals surface area contributed by atoms with Crippen LogP contribution < -0.4 is 5.84 Å². The number of carbonyl (C=O) groups excluding carboxylic acids is 2. The molecule has 1 aromatic carbocycles. The van der Waals surface area contributed by atoms with Crippen LogP contribution in [0.1, 0.15) is 25.3 Å². The third-order valence-corrected chi connectivity index (χ3v) is 3.15. The maximum atomic E-state index is 11.4. The Balaban J connectivity index is 0.000000295. The van der Waals surface area contributed by atoms with Gasteiger partial charge in [-0.05, 0) is 12.0 Å². The Bertz CT molecular complexity index is 433. The van der Waals surface area contributed by atoms with Crippen LogP contribution in [-0.2, 0) is 25.7 Å². The van der Waals surface area contributed by atoms with E-state index in [2.05, 4.69) is 4.74 Å². The minimum atomic E-state index is -0.152. The number of unbranched alkanes of at least 4 members (excludes halogenated alkanes) is 1. The van der Waals surface area contributed by atoms with E-state index in [0.29, 0.717) is 32.8 Å². The van der Waals surface area contributed by atoms with Crippen LogP contribution in [0.15, 0.2) is 30.3 Å². The number of nitrogens with zero attached hydrogens (tertiary/aromatic N) is 1. The molecule has 1 aromatic rings. The summed E-state index contributed by atoms with van der Waals surface area (Å²) in [6.07, 6.45) is 2.05. The highest BCUT2D eigenvalue weighted by Crippen LogP contribution is 2.13. The van der Waals surface area contributed by atoms with Crippen molar-refractivity contribution in [3.05, 3.63) is 35.9 Å². The van der Waals surface area contributed by atoms with Gasteiger partial charge in [0, 0.05) is 13.1 Å². The van der Waals surface area contributed by atoms with E-state index in [4.69, 9.17) is 10.6 Å². The van der Waals surface area contributed by atoms with E-state index in [-0.39, 0.29) is 11.9 Å². The first kappa shape index (κ1) is 18.1. The van der Waals surface area contributed by atoms with E-state index >= 15 is 0 Å². The van der Waals surface area contributed by atoms with Crippen LogP contribution in [0, 0.1) is 5.92 Å². The highest BCUT2D eigenvalue weighted by atomic mass is 16.5. The molecule has 0 aromatic heterocycles. The summed E-state index contributed by atoms with van der Waals surface area (Å²) in [7, 11) is 0. The standard InChI is InChI=1S/C11H14N2O2.C5H10O2/c12-13-6-10(7-13)11(14)15-8-9-4-2-1-3-5-9;1-2-3-4-7-5-6/h1-5,10H,6-8,12H2;5H,2-4H2,1H3. The molecule has 0 saturated carbocycles. The van der Waals surface area contributed by atoms with Crippen molar-refractivity contribution in [1.82, 2.24) is 5.01 Å². The fourth-order valence-corrected chi connectivity index (χ4v) is 1.78. The number of nitrogens with two attached hydrogens (primary N) is 1. The zero-order chi connectivity index (χ0) is 16.2. The number of carbonyl (C=O) groups is 2. The van der Waals surface area contributed by atoms with Crippen LogP contribution in [-0.4, -0.2) is 37.1 Å². The molecule has 1 fully saturated rings. The fraction of sp³-hybridized carbons (Fsp3) is 0.500. The molecule has 1 aliphatic rings. The number of hydrazine groups is 1. The van der Waals surface area contributed by atoms with Crippen molar-refractivity contribution in [3.63, 3.8) is 0 Å². The maximum Gasteiger partial charge on any atom is 0.311 e. The van der Waals surface area contributed by atoms with Crippen LogP contribution in [0.3, 0.4) is 0 Å². The summed E-state index contributed by atoms with van der Waals surface area (Å²) >= 11 is 0. The molecule has 0 aliphatic carbocycles. The third-order valence-electron chi connectivity index (χ3n) is 3.15. The summed E-state index contributed by atoms with van der Waals surface area (Å²) < 4.78 is 9.55. The van der Waals surface area contributed by atoms with E-state index < -0.39 is 0 Å². The van der Waals surface area contributed by atoms with Crippen molar-refractivity contribution in [2.75, 3.05) is 19.7 Å². The monoisotopic (exact) mass is 308 g/mol. The van der Waals surface area contributed by atoms with Crippen molar-refractivity contribution in [3.8, 4) is 0 Å². The molecule has 2 rings (SSSR count). The van der Waals surface area contributed by atoms with Gasteiger partial charge in [0.2, 0.25) is 0 Å². The van der Waals surface area contributed by atoms with Crippen LogP contribution in [0.25, 0.3) is 0 Å². The highest BCUT2D eigenvalue weighted by Gasteiger charge is 2.31. The maximum absolute atomic E-state index is 11.4. The Morgan fingerprint density at radius 1 is 1.36 bits per heavy atom. The van der Waals surface area contributed by atoms with E-state index in [1.165, 1.54) is 0 Å². The smallest absolute Gasteiger partial charge is 0.311 e. The van der Waals surface area contributed by atoms with Gasteiger partial charge in [-0.15, -0.1) is 0 Å². The van der Waals surface area contributed by atoms with Gasteiger partial charge in [-0.2, -0.15) is 0 Å². The van der Waals surface area contributed by atoms with Crippen molar-refractivity contribution >= 4 is 12.4 Å². The lowest BCUT2D eigenvalue weighted by Crippen LogP contribution is -2.54. The second-order valence-electron chi connectivity index (χ2n) is 5.06. The molecular formula is C16H24N2O4. The summed E-state index contributed by atoms with van der Waals surface area (Å²) in [5.74, 6) is 5.24. The molecule has 6 heteroatoms. The topological polar surface area (TPSA) is 81.9 Å². The largest absolute Gasteiger partial charge is 0.468 e. The lowest BCUT2D eigenvalue weighted by atomic mass is 10.0. The molecule has 1 heterocycles. The van der Waals surface area contributed by atoms with Crippen LogP contribution in [0.4, 0.5) is 0 Å². The van der Waals surface area contributed by atoms with Crippen molar-refractivity contribution in [1.29, 1.82) is 0 Å². The lowest BCUT2D eigenvalue weighted by Gasteiger charge is -2.33. The minimum absolute atomic E-state index is 0.0429. The van der Waals surface area contributed by atoms with Gasteiger partial charge >= 0.3 is 5.97 Å². The molecule has 6 nitrogen and oxygen atoms in total. The van der Waals surface area contributed by atoms with Gasteiger partial charge in [0.25, 0.3) is 6.47 Å². The Morgan fingerprint density at radius 2 is 2.05 bits per heavy atom. The Morgan fingerprint density at radius 3 is 2.59 bits per heavy atom. The summed E-state index contributed by atoms with van der Waals surface area (Å²) in [5.41, 5.74) is 1.01. The van der Waals surface area contributed by atoms with Gasteiger partial charge < -0.3 is 9.47 Å². The summed E-state index contributed by atoms with van der Waals surface area (Å²) in [6, 6.07) is 9.65. The van der Waals surface area contributed by atoms with E-state index in [0.717, 1.165) is 18.4 Å². The second-order valence-corrected chi connectivity index (χ2v) is 5.06. The van der Waals surface area contributed by atoms with E-state index in [1.54, 1.807) is 5.01 Å². The van der Waals surface area contributed by atoms with Crippen molar-refractivity contribution in [2.45, 2.75) is 26.4 Å². The average molecular weight is 308 g/mol. The zero-order valence-electron chi connectivity index (χ0n) is 12.9. The number of esters is 1. The van der Waals surface area contributed by atoms with Gasteiger partial charge in [0.1, 0.15) is 6.61 Å². The molecule has 0 atom stereocenters. The van der Waals surface area contributed by atoms with E-state index in [1.807, 2.05) is 37.3 Å². The summed E-state index contributed by atoms with van der Waals surface area (Å²) in [4.78, 5) is 20.9. The second kappa shape index (κ2) is 10.8. The molecule has 0 spiro atoms. The summed E-state index contributed by atoms with van der Waals surface area (Å²) in [6.45, 7) is 4.66. The first-order valence-corrected chi connectivity index (χ1v) is 7.42. The van der Waals surface area contributed by atoms with Gasteiger partial charge in [-0.3, -0.25) is 15.4 Å². The minimum Gasteiger partial charge on any atom is -0.468 e. The van der Waals surface area contributed by atoms with Crippen LogP contribution >= 0.6 is 0 Å². The lowest BCUT2D eigenvalue weighted by molar-refractivity contribution is -0.156. The predicted octanol–water partition coefficient (Wildman–Crippen LogP) is 1.49. The molecule has 22 heavy (non-hydrogen) atoms. The number of hydrogen-bond donors (Lipinski definition) is 1. The SMILES string of the molecule is CCCCOC=O.NN1CC(C(=O)OCc2ccccc2)C1. The third kappa shape index (κ3) is 7.19. The number of hydrogen-bond acceptors (Lipinski definition) is 6. The highest BCUT2D eigenvalue weighted by molar-refractivity contribution is 5.73. The molecule has 122 valence electrons. The molecule has 2 N–H and O–H groups in total. The first-order chi connectivity index (χ1) is 10.7. The molecule has 0 unspecified atom stereocenters. The zero-order valence-corrected chi connectivity index (χ0v) is 12.9. The predicted molar refractivity (Wildman–Crippen MR) is 82.4 cm³/mol. The average Bonchev–Trinajstić information content (AvgIpc) is 2.52. The fourth-order valence-electron chi connectivity index (χ4n) is 1.78. The summed E-state index contributed by atoms with van der Waals surface area (Å²) in [5, 5.41) is 1.61. The number of rotatable bonds is 7. The molecule has 1 aliphatic heterocycles.